The maximum absolute atomic E-state index is 11.9. The number of carbonyl (C=O) groups is 1. The Kier molecular flexibility index (Phi) is 4.53. The molecule has 1 aromatic carbocycles. The van der Waals surface area contributed by atoms with Gasteiger partial charge in [0, 0.05) is 5.57 Å². The Hall–Kier alpha value is -2.21. The zero-order valence-corrected chi connectivity index (χ0v) is 15.0. The topological polar surface area (TPSA) is 77.2 Å². The smallest absolute Gasteiger partial charge is 0.333 e. The van der Waals surface area contributed by atoms with Crippen molar-refractivity contribution < 1.29 is 14.6 Å². The molecule has 6 heteroatoms. The number of esters is 1. The molecule has 0 aliphatic heterocycles. The van der Waals surface area contributed by atoms with Crippen LogP contribution in [0.3, 0.4) is 0 Å². The van der Waals surface area contributed by atoms with Crippen molar-refractivity contribution in [3.05, 3.63) is 36.4 Å². The number of carbonyl (C=O) groups excluding carboxylic acids is 1. The van der Waals surface area contributed by atoms with Crippen LogP contribution >= 0.6 is 0 Å². The molecule has 138 valence electrons. The van der Waals surface area contributed by atoms with Gasteiger partial charge >= 0.3 is 5.97 Å². The van der Waals surface area contributed by atoms with Crippen LogP contribution in [0.2, 0.25) is 0 Å². The summed E-state index contributed by atoms with van der Waals surface area (Å²) in [6.07, 6.45) is 3.78. The Morgan fingerprint density at radius 1 is 1.19 bits per heavy atom. The minimum absolute atomic E-state index is 0.127. The number of aliphatic hydroxyl groups excluding tert-OH is 1. The second-order valence-electron chi connectivity index (χ2n) is 7.69. The molecule has 0 radical (unpaired) electrons. The number of ether oxygens (including phenoxy) is 1. The lowest BCUT2D eigenvalue weighted by Crippen LogP contribution is -2.45. The van der Waals surface area contributed by atoms with Crippen molar-refractivity contribution in [2.24, 2.45) is 11.8 Å². The third-order valence-corrected chi connectivity index (χ3v) is 5.86. The lowest BCUT2D eigenvalue weighted by molar-refractivity contribution is -0.149. The molecule has 2 saturated carbocycles. The highest BCUT2D eigenvalue weighted by Gasteiger charge is 2.45. The molecule has 6 nitrogen and oxygen atoms in total. The first kappa shape index (κ1) is 17.2. The highest BCUT2D eigenvalue weighted by molar-refractivity contribution is 5.87. The minimum Gasteiger partial charge on any atom is -0.459 e. The molecule has 2 aromatic rings. The van der Waals surface area contributed by atoms with E-state index < -0.39 is 6.10 Å². The second kappa shape index (κ2) is 6.83. The molecule has 1 heterocycles. The number of aliphatic hydroxyl groups is 1. The van der Waals surface area contributed by atoms with Crippen LogP contribution in [0.5, 0.6) is 0 Å². The largest absolute Gasteiger partial charge is 0.459 e. The highest BCUT2D eigenvalue weighted by Crippen LogP contribution is 2.46. The van der Waals surface area contributed by atoms with Gasteiger partial charge in [-0.15, -0.1) is 0 Å². The van der Waals surface area contributed by atoms with Crippen molar-refractivity contribution in [3.63, 3.8) is 0 Å². The fourth-order valence-corrected chi connectivity index (χ4v) is 4.54. The molecule has 2 fully saturated rings. The molecule has 0 saturated heterocycles. The van der Waals surface area contributed by atoms with E-state index in [9.17, 15) is 9.90 Å². The van der Waals surface area contributed by atoms with Gasteiger partial charge in [-0.2, -0.15) is 15.0 Å². The Morgan fingerprint density at radius 2 is 1.85 bits per heavy atom. The van der Waals surface area contributed by atoms with E-state index in [1.807, 2.05) is 24.3 Å². The lowest BCUT2D eigenvalue weighted by atomic mass is 9.66. The summed E-state index contributed by atoms with van der Waals surface area (Å²) in [6.45, 7) is 5.33. The molecule has 5 unspecified atom stereocenters. The normalized spacial score (nSPS) is 31.4. The van der Waals surface area contributed by atoms with Crippen molar-refractivity contribution in [1.29, 1.82) is 0 Å². The van der Waals surface area contributed by atoms with Gasteiger partial charge in [-0.3, -0.25) is 0 Å². The fraction of sp³-hybridized carbons (Fsp3) is 0.550. The standard InChI is InChI=1S/C20H25N3O3/c1-12(2)20(25)26-14-9-7-13-8-10-18(24)19(15(13)11-14)23-21-16-5-3-4-6-17(16)22-23/h3-6,13-15,18-19,24H,1,7-11H2,2H3. The van der Waals surface area contributed by atoms with Crippen LogP contribution in [0.25, 0.3) is 11.0 Å². The van der Waals surface area contributed by atoms with Crippen LogP contribution in [0.15, 0.2) is 36.4 Å². The van der Waals surface area contributed by atoms with Gasteiger partial charge in [0.1, 0.15) is 23.2 Å². The Morgan fingerprint density at radius 3 is 2.50 bits per heavy atom. The van der Waals surface area contributed by atoms with Crippen LogP contribution in [0.4, 0.5) is 0 Å². The molecule has 0 amide bonds. The van der Waals surface area contributed by atoms with Crippen molar-refractivity contribution in [2.75, 3.05) is 0 Å². The van der Waals surface area contributed by atoms with Gasteiger partial charge in [0.05, 0.1) is 6.10 Å². The first-order valence-corrected chi connectivity index (χ1v) is 9.39. The lowest BCUT2D eigenvalue weighted by Gasteiger charge is -2.45. The number of rotatable bonds is 3. The third-order valence-electron chi connectivity index (χ3n) is 5.86. The highest BCUT2D eigenvalue weighted by atomic mass is 16.5. The predicted molar refractivity (Wildman–Crippen MR) is 97.3 cm³/mol. The number of aromatic nitrogens is 3. The molecule has 4 rings (SSSR count). The molecule has 2 aliphatic carbocycles. The molecular formula is C20H25N3O3. The van der Waals surface area contributed by atoms with E-state index >= 15 is 0 Å². The number of hydrogen-bond acceptors (Lipinski definition) is 5. The molecule has 26 heavy (non-hydrogen) atoms. The first-order chi connectivity index (χ1) is 12.5. The summed E-state index contributed by atoms with van der Waals surface area (Å²) in [6, 6.07) is 7.57. The zero-order valence-electron chi connectivity index (χ0n) is 15.0. The van der Waals surface area contributed by atoms with Gasteiger partial charge < -0.3 is 9.84 Å². The Labute approximate surface area is 152 Å². The summed E-state index contributed by atoms with van der Waals surface area (Å²) in [5.41, 5.74) is 2.10. The average molecular weight is 355 g/mol. The summed E-state index contributed by atoms with van der Waals surface area (Å²) >= 11 is 0. The molecule has 1 aromatic heterocycles. The van der Waals surface area contributed by atoms with Crippen molar-refractivity contribution in [2.45, 2.75) is 57.3 Å². The summed E-state index contributed by atoms with van der Waals surface area (Å²) in [4.78, 5) is 13.6. The monoisotopic (exact) mass is 355 g/mol. The van der Waals surface area contributed by atoms with Crippen LogP contribution in [-0.4, -0.2) is 38.3 Å². The molecule has 1 N–H and O–H groups in total. The van der Waals surface area contributed by atoms with E-state index in [2.05, 4.69) is 16.8 Å². The summed E-state index contributed by atoms with van der Waals surface area (Å²) in [7, 11) is 0. The Bertz CT molecular complexity index is 798. The van der Waals surface area contributed by atoms with Crippen LogP contribution in [0.1, 0.15) is 45.1 Å². The van der Waals surface area contributed by atoms with Gasteiger partial charge in [-0.05, 0) is 63.0 Å². The minimum atomic E-state index is -0.478. The van der Waals surface area contributed by atoms with Crippen molar-refractivity contribution >= 4 is 17.0 Å². The molecule has 0 spiro atoms. The maximum Gasteiger partial charge on any atom is 0.333 e. The number of fused-ring (bicyclic) bond motifs is 2. The number of nitrogens with zero attached hydrogens (tertiary/aromatic N) is 3. The van der Waals surface area contributed by atoms with Crippen LogP contribution < -0.4 is 0 Å². The van der Waals surface area contributed by atoms with E-state index in [1.165, 1.54) is 0 Å². The maximum atomic E-state index is 11.9. The van der Waals surface area contributed by atoms with Gasteiger partial charge in [0.25, 0.3) is 0 Å². The quantitative estimate of drug-likeness (QED) is 0.676. The number of benzene rings is 1. The average Bonchev–Trinajstić information content (AvgIpc) is 3.04. The van der Waals surface area contributed by atoms with E-state index in [0.29, 0.717) is 11.5 Å². The van der Waals surface area contributed by atoms with Gasteiger partial charge in [-0.1, -0.05) is 18.7 Å². The molecule has 5 atom stereocenters. The summed E-state index contributed by atoms with van der Waals surface area (Å²) < 4.78 is 5.61. The third kappa shape index (κ3) is 3.14. The predicted octanol–water partition coefficient (Wildman–Crippen LogP) is 3.03. The zero-order chi connectivity index (χ0) is 18.3. The van der Waals surface area contributed by atoms with Gasteiger partial charge in [-0.25, -0.2) is 4.79 Å². The Balaban J connectivity index is 1.60. The number of hydrogen-bond donors (Lipinski definition) is 1. The van der Waals surface area contributed by atoms with Gasteiger partial charge in [0.2, 0.25) is 0 Å². The molecule has 0 bridgehead atoms. The van der Waals surface area contributed by atoms with E-state index in [0.717, 1.165) is 43.1 Å². The first-order valence-electron chi connectivity index (χ1n) is 9.39. The summed E-state index contributed by atoms with van der Waals surface area (Å²) in [5.74, 6) is 0.388. The van der Waals surface area contributed by atoms with Crippen molar-refractivity contribution in [3.8, 4) is 0 Å². The van der Waals surface area contributed by atoms with E-state index in [1.54, 1.807) is 11.7 Å². The fourth-order valence-electron chi connectivity index (χ4n) is 4.54. The van der Waals surface area contributed by atoms with Gasteiger partial charge in [0.15, 0.2) is 0 Å². The second-order valence-corrected chi connectivity index (χ2v) is 7.69. The summed E-state index contributed by atoms with van der Waals surface area (Å²) in [5, 5.41) is 20.0. The van der Waals surface area contributed by atoms with Crippen LogP contribution in [-0.2, 0) is 9.53 Å². The van der Waals surface area contributed by atoms with E-state index in [-0.39, 0.29) is 24.0 Å². The molecular weight excluding hydrogens is 330 g/mol. The van der Waals surface area contributed by atoms with Crippen molar-refractivity contribution in [1.82, 2.24) is 15.0 Å². The molecule has 2 aliphatic rings. The van der Waals surface area contributed by atoms with Crippen LogP contribution in [0, 0.1) is 11.8 Å². The van der Waals surface area contributed by atoms with E-state index in [4.69, 9.17) is 4.74 Å². The SMILES string of the molecule is C=C(C)C(=O)OC1CCC2CCC(O)C(n3nc4ccccc4n3)C2C1.